The van der Waals surface area contributed by atoms with Gasteiger partial charge in [-0.3, -0.25) is 14.8 Å². The molecule has 7 nitrogen and oxygen atoms in total. The van der Waals surface area contributed by atoms with Gasteiger partial charge in [-0.2, -0.15) is 0 Å². The monoisotopic (exact) mass is 334 g/mol. The van der Waals surface area contributed by atoms with Gasteiger partial charge in [0.2, 0.25) is 5.91 Å². The Morgan fingerprint density at radius 2 is 1.92 bits per heavy atom. The van der Waals surface area contributed by atoms with Gasteiger partial charge in [-0.1, -0.05) is 12.2 Å². The first-order chi connectivity index (χ1) is 12.2. The molecule has 1 atom stereocenters. The number of H-pyrrole nitrogens is 1. The van der Waals surface area contributed by atoms with Crippen molar-refractivity contribution in [1.82, 2.24) is 19.9 Å². The molecule has 3 rings (SSSR count). The van der Waals surface area contributed by atoms with Crippen molar-refractivity contribution in [3.63, 3.8) is 0 Å². The van der Waals surface area contributed by atoms with E-state index in [0.29, 0.717) is 12.1 Å². The highest BCUT2D eigenvalue weighted by Crippen LogP contribution is 2.12. The van der Waals surface area contributed by atoms with Crippen molar-refractivity contribution in [1.29, 1.82) is 0 Å². The summed E-state index contributed by atoms with van der Waals surface area (Å²) in [7, 11) is 0. The van der Waals surface area contributed by atoms with Gasteiger partial charge in [-0.25, -0.2) is 4.98 Å². The first-order valence-electron chi connectivity index (χ1n) is 7.77. The summed E-state index contributed by atoms with van der Waals surface area (Å²) in [6, 6.07) is 4.98. The van der Waals surface area contributed by atoms with Crippen LogP contribution in [0.4, 0.5) is 5.69 Å². The van der Waals surface area contributed by atoms with E-state index in [1.54, 1.807) is 37.3 Å². The van der Waals surface area contributed by atoms with Crippen molar-refractivity contribution in [3.8, 4) is 0 Å². The predicted octanol–water partition coefficient (Wildman–Crippen LogP) is 1.88. The van der Waals surface area contributed by atoms with Gasteiger partial charge in [0.25, 0.3) is 0 Å². The Bertz CT molecular complexity index is 845. The molecule has 0 bridgehead atoms. The van der Waals surface area contributed by atoms with Gasteiger partial charge in [-0.15, -0.1) is 0 Å². The Labute approximate surface area is 145 Å². The summed E-state index contributed by atoms with van der Waals surface area (Å²) in [6.45, 7) is 0. The zero-order chi connectivity index (χ0) is 17.5. The van der Waals surface area contributed by atoms with Crippen molar-refractivity contribution < 1.29 is 4.79 Å². The van der Waals surface area contributed by atoms with E-state index < -0.39 is 6.04 Å². The van der Waals surface area contributed by atoms with Gasteiger partial charge in [0.15, 0.2) is 0 Å². The van der Waals surface area contributed by atoms with Crippen LogP contribution >= 0.6 is 0 Å². The molecule has 0 spiro atoms. The average molecular weight is 334 g/mol. The number of aromatic amines is 1. The number of pyridine rings is 2. The van der Waals surface area contributed by atoms with Crippen molar-refractivity contribution in [2.45, 2.75) is 12.5 Å². The molecular weight excluding hydrogens is 316 g/mol. The summed E-state index contributed by atoms with van der Waals surface area (Å²) < 4.78 is 0. The molecule has 0 aliphatic rings. The number of amides is 1. The van der Waals surface area contributed by atoms with Crippen LogP contribution in [-0.4, -0.2) is 31.9 Å². The van der Waals surface area contributed by atoms with Crippen LogP contribution < -0.4 is 11.1 Å². The highest BCUT2D eigenvalue weighted by atomic mass is 16.2. The summed E-state index contributed by atoms with van der Waals surface area (Å²) in [5.41, 5.74) is 9.25. The second-order valence-electron chi connectivity index (χ2n) is 5.50. The Morgan fingerprint density at radius 1 is 1.12 bits per heavy atom. The Balaban J connectivity index is 1.63. The summed E-state index contributed by atoms with van der Waals surface area (Å²) in [5.74, 6) is -0.272. The third kappa shape index (κ3) is 4.82. The molecule has 25 heavy (non-hydrogen) atoms. The Hall–Kier alpha value is -3.32. The second-order valence-corrected chi connectivity index (χ2v) is 5.50. The van der Waals surface area contributed by atoms with Crippen LogP contribution in [-0.2, 0) is 11.2 Å². The number of aromatic nitrogens is 4. The molecule has 4 N–H and O–H groups in total. The molecule has 1 amide bonds. The number of carbonyl (C=O) groups is 1. The molecule has 7 heteroatoms. The lowest BCUT2D eigenvalue weighted by atomic mass is 10.1. The highest BCUT2D eigenvalue weighted by molar-refractivity contribution is 5.95. The summed E-state index contributed by atoms with van der Waals surface area (Å²) in [4.78, 5) is 27.2. The van der Waals surface area contributed by atoms with Crippen LogP contribution in [0.1, 0.15) is 16.8 Å². The van der Waals surface area contributed by atoms with E-state index in [4.69, 9.17) is 5.73 Å². The first kappa shape index (κ1) is 16.5. The number of hydrogen-bond acceptors (Lipinski definition) is 5. The van der Waals surface area contributed by atoms with E-state index in [1.807, 2.05) is 30.4 Å². The van der Waals surface area contributed by atoms with Crippen molar-refractivity contribution in [2.24, 2.45) is 5.73 Å². The van der Waals surface area contributed by atoms with Crippen LogP contribution in [0.3, 0.4) is 0 Å². The molecule has 3 aromatic heterocycles. The number of nitrogens with one attached hydrogen (secondary N) is 2. The van der Waals surface area contributed by atoms with Gasteiger partial charge in [0, 0.05) is 36.9 Å². The molecule has 126 valence electrons. The zero-order valence-corrected chi connectivity index (χ0v) is 13.5. The number of carbonyl (C=O) groups excluding carboxylic acids is 1. The van der Waals surface area contributed by atoms with E-state index >= 15 is 0 Å². The fourth-order valence-corrected chi connectivity index (χ4v) is 2.25. The van der Waals surface area contributed by atoms with Crippen molar-refractivity contribution >= 4 is 23.7 Å². The van der Waals surface area contributed by atoms with Crippen molar-refractivity contribution in [2.75, 3.05) is 5.32 Å². The molecule has 0 aliphatic carbocycles. The van der Waals surface area contributed by atoms with Crippen LogP contribution in [0.5, 0.6) is 0 Å². The average Bonchev–Trinajstić information content (AvgIpc) is 3.14. The molecule has 0 saturated carbocycles. The van der Waals surface area contributed by atoms with E-state index in [2.05, 4.69) is 25.3 Å². The van der Waals surface area contributed by atoms with Crippen LogP contribution in [0.25, 0.3) is 12.2 Å². The van der Waals surface area contributed by atoms with Crippen LogP contribution in [0, 0.1) is 0 Å². The van der Waals surface area contributed by atoms with Crippen LogP contribution in [0.15, 0.2) is 55.5 Å². The fraction of sp³-hybridized carbons (Fsp3) is 0.111. The normalized spacial score (nSPS) is 12.2. The molecule has 0 radical (unpaired) electrons. The van der Waals surface area contributed by atoms with Crippen LogP contribution in [0.2, 0.25) is 0 Å². The molecule has 0 unspecified atom stereocenters. The number of imidazole rings is 1. The quantitative estimate of drug-likeness (QED) is 0.637. The second kappa shape index (κ2) is 7.98. The molecule has 0 aromatic carbocycles. The summed E-state index contributed by atoms with van der Waals surface area (Å²) >= 11 is 0. The van der Waals surface area contributed by atoms with Gasteiger partial charge in [0.05, 0.1) is 24.3 Å². The maximum absolute atomic E-state index is 12.2. The molecule has 3 heterocycles. The largest absolute Gasteiger partial charge is 0.348 e. The molecule has 0 aliphatic heterocycles. The number of anilines is 1. The predicted molar refractivity (Wildman–Crippen MR) is 96.3 cm³/mol. The third-order valence-electron chi connectivity index (χ3n) is 3.53. The maximum atomic E-state index is 12.2. The maximum Gasteiger partial charge on any atom is 0.241 e. The molecular formula is C18H18N6O. The molecule has 3 aromatic rings. The standard InChI is InChI=1S/C18H18N6O/c19-17(8-15-10-22-12-23-15)18(25)24-16-7-14(9-21-11-16)2-1-13-3-5-20-6-4-13/h1-7,9-12,17H,8,19H2,(H,22,23)(H,24,25)/b2-1+/t17-/m0/s1. The van der Waals surface area contributed by atoms with Crippen molar-refractivity contribution in [3.05, 3.63) is 72.3 Å². The SMILES string of the molecule is N[C@@H](Cc1cnc[nH]1)C(=O)Nc1cncc(/C=C/c2ccncc2)c1. The van der Waals surface area contributed by atoms with E-state index in [1.165, 1.54) is 0 Å². The third-order valence-corrected chi connectivity index (χ3v) is 3.53. The first-order valence-corrected chi connectivity index (χ1v) is 7.77. The van der Waals surface area contributed by atoms with E-state index in [0.717, 1.165) is 16.8 Å². The Kier molecular flexibility index (Phi) is 5.28. The minimum atomic E-state index is -0.670. The van der Waals surface area contributed by atoms with Gasteiger partial charge < -0.3 is 16.0 Å². The zero-order valence-electron chi connectivity index (χ0n) is 13.5. The highest BCUT2D eigenvalue weighted by Gasteiger charge is 2.15. The molecule has 0 fully saturated rings. The lowest BCUT2D eigenvalue weighted by molar-refractivity contribution is -0.117. The topological polar surface area (TPSA) is 110 Å². The number of nitrogens with zero attached hydrogens (tertiary/aromatic N) is 3. The lowest BCUT2D eigenvalue weighted by Crippen LogP contribution is -2.37. The number of hydrogen-bond donors (Lipinski definition) is 3. The van der Waals surface area contributed by atoms with E-state index in [-0.39, 0.29) is 5.91 Å². The fourth-order valence-electron chi connectivity index (χ4n) is 2.25. The van der Waals surface area contributed by atoms with E-state index in [9.17, 15) is 4.79 Å². The summed E-state index contributed by atoms with van der Waals surface area (Å²) in [6.07, 6.45) is 14.2. The minimum absolute atomic E-state index is 0.272. The van der Waals surface area contributed by atoms with Gasteiger partial charge >= 0.3 is 0 Å². The van der Waals surface area contributed by atoms with Gasteiger partial charge in [-0.05, 0) is 29.3 Å². The lowest BCUT2D eigenvalue weighted by Gasteiger charge is -2.11. The number of nitrogens with two attached hydrogens (primary N) is 1. The molecule has 0 saturated heterocycles. The number of rotatable bonds is 6. The Morgan fingerprint density at radius 3 is 2.68 bits per heavy atom. The van der Waals surface area contributed by atoms with Gasteiger partial charge in [0.1, 0.15) is 0 Å². The minimum Gasteiger partial charge on any atom is -0.348 e. The smallest absolute Gasteiger partial charge is 0.241 e. The summed E-state index contributed by atoms with van der Waals surface area (Å²) in [5, 5.41) is 2.79.